The molecule has 1 aromatic heterocycles. The predicted molar refractivity (Wildman–Crippen MR) is 76.5 cm³/mol. The Hall–Kier alpha value is -1.95. The lowest BCUT2D eigenvalue weighted by atomic mass is 10.2. The van der Waals surface area contributed by atoms with Crippen LogP contribution in [0.4, 0.5) is 4.39 Å². The molecule has 2 aromatic rings. The van der Waals surface area contributed by atoms with Gasteiger partial charge in [-0.05, 0) is 24.2 Å². The minimum atomic E-state index is -0.391. The number of ether oxygens (including phenoxy) is 1. The van der Waals surface area contributed by atoms with Gasteiger partial charge in [0.25, 0.3) is 0 Å². The van der Waals surface area contributed by atoms with Gasteiger partial charge in [0.2, 0.25) is 11.7 Å². The lowest BCUT2D eigenvalue weighted by Gasteiger charge is -2.07. The third-order valence-electron chi connectivity index (χ3n) is 2.91. The average Bonchev–Trinajstić information content (AvgIpc) is 2.93. The molecule has 0 atom stereocenters. The summed E-state index contributed by atoms with van der Waals surface area (Å²) in [5.74, 6) is 0.919. The molecule has 6 heteroatoms. The summed E-state index contributed by atoms with van der Waals surface area (Å²) in [6.07, 6.45) is 0. The van der Waals surface area contributed by atoms with Crippen molar-refractivity contribution in [2.45, 2.75) is 39.8 Å². The van der Waals surface area contributed by atoms with E-state index in [4.69, 9.17) is 9.26 Å². The summed E-state index contributed by atoms with van der Waals surface area (Å²) in [4.78, 5) is 4.18. The van der Waals surface area contributed by atoms with Gasteiger partial charge in [-0.1, -0.05) is 32.0 Å². The fraction of sp³-hybridized carbons (Fsp3) is 0.467. The minimum absolute atomic E-state index is 0.0830. The van der Waals surface area contributed by atoms with Crippen LogP contribution in [0.1, 0.15) is 44.0 Å². The van der Waals surface area contributed by atoms with Crippen molar-refractivity contribution in [1.29, 1.82) is 0 Å². The quantitative estimate of drug-likeness (QED) is 0.850. The molecule has 0 radical (unpaired) electrons. The molecular formula is C15H20FN3O2. The number of nitrogens with zero attached hydrogens (tertiary/aromatic N) is 2. The number of hydrogen-bond donors (Lipinski definition) is 1. The summed E-state index contributed by atoms with van der Waals surface area (Å²) < 4.78 is 24.4. The highest BCUT2D eigenvalue weighted by atomic mass is 19.1. The van der Waals surface area contributed by atoms with E-state index < -0.39 is 5.82 Å². The van der Waals surface area contributed by atoms with E-state index >= 15 is 0 Å². The zero-order chi connectivity index (χ0) is 15.2. The first-order valence-electron chi connectivity index (χ1n) is 7.04. The minimum Gasteiger partial charge on any atom is -0.482 e. The van der Waals surface area contributed by atoms with Crippen molar-refractivity contribution in [3.8, 4) is 5.75 Å². The summed E-state index contributed by atoms with van der Waals surface area (Å²) in [5.41, 5.74) is 0.878. The van der Waals surface area contributed by atoms with Crippen LogP contribution in [0, 0.1) is 5.82 Å². The standard InChI is InChI=1S/C15H20FN3O2/c1-4-17-8-11-5-6-13(12(16)7-11)20-9-14-18-15(10(2)3)21-19-14/h5-7,10,17H,4,8-9H2,1-3H3. The van der Waals surface area contributed by atoms with Crippen LogP contribution >= 0.6 is 0 Å². The molecule has 0 saturated heterocycles. The smallest absolute Gasteiger partial charge is 0.229 e. The van der Waals surface area contributed by atoms with Gasteiger partial charge in [0.1, 0.15) is 0 Å². The lowest BCUT2D eigenvalue weighted by molar-refractivity contribution is 0.272. The highest BCUT2D eigenvalue weighted by Gasteiger charge is 2.11. The van der Waals surface area contributed by atoms with E-state index in [2.05, 4.69) is 15.5 Å². The van der Waals surface area contributed by atoms with Crippen LogP contribution < -0.4 is 10.1 Å². The van der Waals surface area contributed by atoms with E-state index in [9.17, 15) is 4.39 Å². The number of nitrogens with one attached hydrogen (secondary N) is 1. The molecule has 0 fully saturated rings. The normalized spacial score (nSPS) is 11.1. The van der Waals surface area contributed by atoms with E-state index in [1.54, 1.807) is 6.07 Å². The van der Waals surface area contributed by atoms with Gasteiger partial charge in [-0.3, -0.25) is 0 Å². The number of aromatic nitrogens is 2. The van der Waals surface area contributed by atoms with Crippen molar-refractivity contribution < 1.29 is 13.7 Å². The second-order valence-electron chi connectivity index (χ2n) is 5.04. The fourth-order valence-electron chi connectivity index (χ4n) is 1.74. The van der Waals surface area contributed by atoms with Gasteiger partial charge in [-0.25, -0.2) is 4.39 Å². The molecule has 0 amide bonds. The van der Waals surface area contributed by atoms with E-state index in [1.165, 1.54) is 6.07 Å². The summed E-state index contributed by atoms with van der Waals surface area (Å²) in [6.45, 7) is 7.48. The van der Waals surface area contributed by atoms with Crippen LogP contribution in [0.3, 0.4) is 0 Å². The van der Waals surface area contributed by atoms with Gasteiger partial charge >= 0.3 is 0 Å². The zero-order valence-corrected chi connectivity index (χ0v) is 12.5. The third-order valence-corrected chi connectivity index (χ3v) is 2.91. The van der Waals surface area contributed by atoms with Crippen LogP contribution in [0.2, 0.25) is 0 Å². The number of rotatable bonds is 7. The molecule has 21 heavy (non-hydrogen) atoms. The molecule has 0 aliphatic carbocycles. The average molecular weight is 293 g/mol. The Labute approximate surface area is 123 Å². The first-order valence-corrected chi connectivity index (χ1v) is 7.04. The SMILES string of the molecule is CCNCc1ccc(OCc2noc(C(C)C)n2)c(F)c1. The third kappa shape index (κ3) is 4.26. The largest absolute Gasteiger partial charge is 0.482 e. The molecular weight excluding hydrogens is 273 g/mol. The van der Waals surface area contributed by atoms with Crippen molar-refractivity contribution in [1.82, 2.24) is 15.5 Å². The highest BCUT2D eigenvalue weighted by molar-refractivity contribution is 5.29. The van der Waals surface area contributed by atoms with Crippen LogP contribution in [0.15, 0.2) is 22.7 Å². The van der Waals surface area contributed by atoms with Gasteiger partial charge in [-0.2, -0.15) is 4.98 Å². The molecule has 0 spiro atoms. The van der Waals surface area contributed by atoms with Crippen molar-refractivity contribution in [3.63, 3.8) is 0 Å². The lowest BCUT2D eigenvalue weighted by Crippen LogP contribution is -2.11. The molecule has 0 aliphatic heterocycles. The van der Waals surface area contributed by atoms with Crippen molar-refractivity contribution in [2.75, 3.05) is 6.54 Å². The van der Waals surface area contributed by atoms with Gasteiger partial charge < -0.3 is 14.6 Å². The zero-order valence-electron chi connectivity index (χ0n) is 12.5. The first-order chi connectivity index (χ1) is 10.1. The Kier molecular flexibility index (Phi) is 5.27. The Morgan fingerprint density at radius 2 is 2.19 bits per heavy atom. The number of benzene rings is 1. The molecule has 1 aromatic carbocycles. The Balaban J connectivity index is 1.96. The summed E-state index contributed by atoms with van der Waals surface area (Å²) >= 11 is 0. The summed E-state index contributed by atoms with van der Waals surface area (Å²) in [7, 11) is 0. The maximum absolute atomic E-state index is 13.9. The Bertz CT molecular complexity index is 584. The number of hydrogen-bond acceptors (Lipinski definition) is 5. The summed E-state index contributed by atoms with van der Waals surface area (Å²) in [5, 5.41) is 6.94. The molecule has 0 saturated carbocycles. The molecule has 5 nitrogen and oxygen atoms in total. The number of halogens is 1. The van der Waals surface area contributed by atoms with Crippen LogP contribution in [0.5, 0.6) is 5.75 Å². The topological polar surface area (TPSA) is 60.2 Å². The maximum atomic E-state index is 13.9. The molecule has 1 N–H and O–H groups in total. The second-order valence-corrected chi connectivity index (χ2v) is 5.04. The van der Waals surface area contributed by atoms with Gasteiger partial charge in [0.15, 0.2) is 18.2 Å². The van der Waals surface area contributed by atoms with Crippen LogP contribution in [-0.2, 0) is 13.2 Å². The Morgan fingerprint density at radius 3 is 2.81 bits per heavy atom. The second kappa shape index (κ2) is 7.17. The van der Waals surface area contributed by atoms with E-state index in [0.29, 0.717) is 18.3 Å². The van der Waals surface area contributed by atoms with Gasteiger partial charge in [0.05, 0.1) is 0 Å². The van der Waals surface area contributed by atoms with Gasteiger partial charge in [0, 0.05) is 12.5 Å². The molecule has 0 aliphatic rings. The molecule has 2 rings (SSSR count). The van der Waals surface area contributed by atoms with E-state index in [0.717, 1.165) is 12.1 Å². The van der Waals surface area contributed by atoms with E-state index in [1.807, 2.05) is 26.8 Å². The van der Waals surface area contributed by atoms with Crippen molar-refractivity contribution >= 4 is 0 Å². The molecule has 1 heterocycles. The molecule has 0 bridgehead atoms. The van der Waals surface area contributed by atoms with Gasteiger partial charge in [-0.15, -0.1) is 0 Å². The fourth-order valence-corrected chi connectivity index (χ4v) is 1.74. The van der Waals surface area contributed by atoms with Crippen molar-refractivity contribution in [2.24, 2.45) is 0 Å². The maximum Gasteiger partial charge on any atom is 0.229 e. The predicted octanol–water partition coefficient (Wildman–Crippen LogP) is 3.02. The highest BCUT2D eigenvalue weighted by Crippen LogP contribution is 2.19. The van der Waals surface area contributed by atoms with Crippen LogP contribution in [0.25, 0.3) is 0 Å². The monoisotopic (exact) mass is 293 g/mol. The molecule has 114 valence electrons. The molecule has 0 unspecified atom stereocenters. The van der Waals surface area contributed by atoms with Crippen LogP contribution in [-0.4, -0.2) is 16.7 Å². The van der Waals surface area contributed by atoms with E-state index in [-0.39, 0.29) is 18.3 Å². The summed E-state index contributed by atoms with van der Waals surface area (Å²) in [6, 6.07) is 4.91. The van der Waals surface area contributed by atoms with Crippen molar-refractivity contribution in [3.05, 3.63) is 41.3 Å². The first kappa shape index (κ1) is 15.4. The Morgan fingerprint density at radius 1 is 1.38 bits per heavy atom.